The second kappa shape index (κ2) is 1.51. The quantitative estimate of drug-likeness (QED) is 0.439. The number of thioether (sulfide) groups is 1. The average Bonchev–Trinajstić information content (AvgIpc) is 1.86. The summed E-state index contributed by atoms with van der Waals surface area (Å²) in [6.45, 7) is 0.726. The minimum absolute atomic E-state index is 0.00463. The van der Waals surface area contributed by atoms with E-state index < -0.39 is 0 Å². The highest BCUT2D eigenvalue weighted by molar-refractivity contribution is 8.13. The topological polar surface area (TPSA) is 32.3 Å². The molecule has 0 aromatic heterocycles. The lowest BCUT2D eigenvalue weighted by Crippen LogP contribution is -1.73. The third-order valence-corrected chi connectivity index (χ3v) is 1.32. The Bertz CT molecular complexity index is 80.9. The molecular weight excluding hydrogens is 98.1 g/mol. The molecule has 0 amide bonds. The summed E-state index contributed by atoms with van der Waals surface area (Å²) in [5, 5.41) is 10.0. The van der Waals surface area contributed by atoms with Crippen molar-refractivity contribution in [2.75, 3.05) is 12.3 Å². The Labute approximate surface area is 40.3 Å². The van der Waals surface area contributed by atoms with Gasteiger partial charge in [-0.15, -0.1) is 0 Å². The summed E-state index contributed by atoms with van der Waals surface area (Å²) >= 11 is 1.29. The summed E-state index contributed by atoms with van der Waals surface area (Å²) in [5.74, 6) is 0.888. The van der Waals surface area contributed by atoms with E-state index in [1.165, 1.54) is 11.8 Å². The Morgan fingerprint density at radius 2 is 2.67 bits per heavy atom. The molecule has 1 aliphatic rings. The van der Waals surface area contributed by atoms with Crippen LogP contribution in [0.3, 0.4) is 0 Å². The van der Waals surface area contributed by atoms with Crippen LogP contribution in [0.1, 0.15) is 0 Å². The molecule has 0 aliphatic carbocycles. The van der Waals surface area contributed by atoms with Gasteiger partial charge in [-0.25, -0.2) is 4.99 Å². The molecule has 6 heavy (non-hydrogen) atoms. The average molecular weight is 102 g/mol. The fourth-order valence-corrected chi connectivity index (χ4v) is 0.855. The van der Waals surface area contributed by atoms with Gasteiger partial charge in [-0.1, -0.05) is 11.8 Å². The number of hydrogen-bond donors (Lipinski definition) is 0. The fraction of sp³-hybridized carbons (Fsp3) is 0.667. The van der Waals surface area contributed by atoms with Gasteiger partial charge in [0, 0.05) is 5.75 Å². The minimum Gasteiger partial charge on any atom is -0.260 e. The molecule has 0 fully saturated rings. The number of hydrogen-bond acceptors (Lipinski definition) is 2. The van der Waals surface area contributed by atoms with Crippen LogP contribution in [-0.2, 0) is 5.11 Å². The Kier molecular flexibility index (Phi) is 1.01. The maximum absolute atomic E-state index is 10.0. The molecule has 0 bridgehead atoms. The van der Waals surface area contributed by atoms with Crippen molar-refractivity contribution in [2.45, 2.75) is 0 Å². The van der Waals surface area contributed by atoms with Crippen molar-refractivity contribution in [3.8, 4) is 0 Å². The molecule has 0 N–H and O–H groups in total. The van der Waals surface area contributed by atoms with Crippen LogP contribution in [0.5, 0.6) is 0 Å². The molecule has 3 heteroatoms. The maximum Gasteiger partial charge on any atom is 0.300 e. The van der Waals surface area contributed by atoms with Crippen LogP contribution in [-0.4, -0.2) is 17.5 Å². The largest absolute Gasteiger partial charge is 0.300 e. The van der Waals surface area contributed by atoms with E-state index in [9.17, 15) is 5.11 Å². The normalized spacial score (nSPS) is 21.0. The SMILES string of the molecule is [O]C1=NCCS1. The van der Waals surface area contributed by atoms with Crippen LogP contribution in [0.4, 0.5) is 0 Å². The van der Waals surface area contributed by atoms with E-state index in [4.69, 9.17) is 0 Å². The molecule has 0 saturated heterocycles. The molecule has 1 heterocycles. The van der Waals surface area contributed by atoms with Gasteiger partial charge in [-0.2, -0.15) is 0 Å². The zero-order valence-corrected chi connectivity index (χ0v) is 3.99. The molecule has 33 valence electrons. The summed E-state index contributed by atoms with van der Waals surface area (Å²) in [5.41, 5.74) is 0. The lowest BCUT2D eigenvalue weighted by molar-refractivity contribution is 0.443. The molecule has 0 unspecified atom stereocenters. The van der Waals surface area contributed by atoms with E-state index in [-0.39, 0.29) is 5.23 Å². The first-order valence-electron chi connectivity index (χ1n) is 1.74. The van der Waals surface area contributed by atoms with E-state index >= 15 is 0 Å². The van der Waals surface area contributed by atoms with E-state index in [1.54, 1.807) is 0 Å². The van der Waals surface area contributed by atoms with Gasteiger partial charge in [-0.05, 0) is 0 Å². The first-order valence-corrected chi connectivity index (χ1v) is 2.72. The number of rotatable bonds is 0. The summed E-state index contributed by atoms with van der Waals surface area (Å²) < 4.78 is 0. The minimum atomic E-state index is -0.00463. The van der Waals surface area contributed by atoms with Crippen molar-refractivity contribution in [1.82, 2.24) is 0 Å². The van der Waals surface area contributed by atoms with Crippen LogP contribution in [0.15, 0.2) is 4.99 Å². The van der Waals surface area contributed by atoms with Crippen LogP contribution < -0.4 is 0 Å². The van der Waals surface area contributed by atoms with Crippen molar-refractivity contribution in [1.29, 1.82) is 0 Å². The van der Waals surface area contributed by atoms with Crippen LogP contribution in [0.2, 0.25) is 0 Å². The van der Waals surface area contributed by atoms with E-state index in [1.807, 2.05) is 0 Å². The molecule has 0 saturated carbocycles. The van der Waals surface area contributed by atoms with E-state index in [0.717, 1.165) is 12.3 Å². The summed E-state index contributed by atoms with van der Waals surface area (Å²) in [7, 11) is 0. The van der Waals surface area contributed by atoms with E-state index in [2.05, 4.69) is 4.99 Å². The van der Waals surface area contributed by atoms with Gasteiger partial charge in [-0.3, -0.25) is 5.11 Å². The summed E-state index contributed by atoms with van der Waals surface area (Å²) in [6.07, 6.45) is 0. The Morgan fingerprint density at radius 3 is 2.83 bits per heavy atom. The maximum atomic E-state index is 10.0. The molecule has 2 nitrogen and oxygen atoms in total. The van der Waals surface area contributed by atoms with Gasteiger partial charge in [0.25, 0.3) is 5.23 Å². The lowest BCUT2D eigenvalue weighted by Gasteiger charge is -1.70. The predicted octanol–water partition coefficient (Wildman–Crippen LogP) is 0.520. The van der Waals surface area contributed by atoms with E-state index in [0.29, 0.717) is 0 Å². The zero-order chi connectivity index (χ0) is 4.41. The standard InChI is InChI=1S/C3H4NOS/c5-3-4-1-2-6-3/h1-2H2. The molecule has 1 radical (unpaired) electrons. The molecular formula is C3H4NOS. The number of aliphatic imine (C=N–C) groups is 1. The molecule has 0 atom stereocenters. The van der Waals surface area contributed by atoms with Crippen molar-refractivity contribution in [2.24, 2.45) is 4.99 Å². The Morgan fingerprint density at radius 1 is 1.83 bits per heavy atom. The van der Waals surface area contributed by atoms with Gasteiger partial charge >= 0.3 is 0 Å². The molecule has 1 rings (SSSR count). The Hall–Kier alpha value is -0.180. The van der Waals surface area contributed by atoms with Crippen LogP contribution >= 0.6 is 11.8 Å². The molecule has 0 spiro atoms. The molecule has 0 aromatic carbocycles. The van der Waals surface area contributed by atoms with Gasteiger partial charge in [0.05, 0.1) is 6.54 Å². The van der Waals surface area contributed by atoms with Crippen LogP contribution in [0, 0.1) is 0 Å². The third kappa shape index (κ3) is 0.653. The van der Waals surface area contributed by atoms with Crippen molar-refractivity contribution in [3.05, 3.63) is 0 Å². The van der Waals surface area contributed by atoms with Gasteiger partial charge in [0.2, 0.25) is 0 Å². The van der Waals surface area contributed by atoms with Gasteiger partial charge < -0.3 is 0 Å². The highest BCUT2D eigenvalue weighted by Crippen LogP contribution is 2.07. The summed E-state index contributed by atoms with van der Waals surface area (Å²) in [6, 6.07) is 0. The zero-order valence-electron chi connectivity index (χ0n) is 3.18. The smallest absolute Gasteiger partial charge is 0.260 e. The molecule has 1 aliphatic heterocycles. The fourth-order valence-electron chi connectivity index (χ4n) is 0.316. The highest BCUT2D eigenvalue weighted by Gasteiger charge is 2.03. The second-order valence-corrected chi connectivity index (χ2v) is 2.04. The monoisotopic (exact) mass is 102 g/mol. The predicted molar refractivity (Wildman–Crippen MR) is 25.4 cm³/mol. The van der Waals surface area contributed by atoms with Crippen LogP contribution in [0.25, 0.3) is 0 Å². The first kappa shape index (κ1) is 3.99. The van der Waals surface area contributed by atoms with Crippen molar-refractivity contribution in [3.63, 3.8) is 0 Å². The molecule has 0 aromatic rings. The number of nitrogens with zero attached hydrogens (tertiary/aromatic N) is 1. The van der Waals surface area contributed by atoms with Crippen molar-refractivity contribution >= 4 is 17.0 Å². The first-order chi connectivity index (χ1) is 2.89. The second-order valence-electron chi connectivity index (χ2n) is 0.996. The third-order valence-electron chi connectivity index (χ3n) is 0.558. The van der Waals surface area contributed by atoms with Crippen molar-refractivity contribution < 1.29 is 5.11 Å². The Balaban J connectivity index is 2.45. The van der Waals surface area contributed by atoms with Gasteiger partial charge in [0.1, 0.15) is 0 Å². The van der Waals surface area contributed by atoms with Gasteiger partial charge in [0.15, 0.2) is 0 Å². The lowest BCUT2D eigenvalue weighted by atomic mass is 10.8. The summed E-state index contributed by atoms with van der Waals surface area (Å²) in [4.78, 5) is 3.56. The highest BCUT2D eigenvalue weighted by atomic mass is 32.2.